The van der Waals surface area contributed by atoms with Gasteiger partial charge in [0.2, 0.25) is 11.9 Å². The van der Waals surface area contributed by atoms with Gasteiger partial charge in [-0.3, -0.25) is 20.2 Å². The second kappa shape index (κ2) is 9.53. The molecule has 0 unspecified atom stereocenters. The van der Waals surface area contributed by atoms with E-state index in [0.717, 1.165) is 11.1 Å². The number of hydrogen-bond donors (Lipinski definition) is 4. The maximum atomic E-state index is 13.0. The molecule has 4 aromatic rings. The first-order chi connectivity index (χ1) is 17.4. The number of carbonyl (C=O) groups excluding carboxylic acids is 3. The van der Waals surface area contributed by atoms with E-state index in [2.05, 4.69) is 30.6 Å². The molecule has 1 aliphatic heterocycles. The number of imidazole rings is 2. The second-order valence-electron chi connectivity index (χ2n) is 8.72. The van der Waals surface area contributed by atoms with Crippen molar-refractivity contribution in [3.05, 3.63) is 71.0 Å². The van der Waals surface area contributed by atoms with Crippen LogP contribution in [-0.2, 0) is 17.7 Å². The number of amides is 3. The normalized spacial score (nSPS) is 12.9. The number of hydrogen-bond acceptors (Lipinski definition) is 6. The first-order valence-electron chi connectivity index (χ1n) is 11.6. The lowest BCUT2D eigenvalue weighted by Crippen LogP contribution is -2.37. The van der Waals surface area contributed by atoms with Crippen LogP contribution in [0.3, 0.4) is 0 Å². The summed E-state index contributed by atoms with van der Waals surface area (Å²) >= 11 is 0. The standard InChI is InChI=1S/C25H25N7O4/c1-14(2)36-25(35)32-11-8-15-12-16(6-7-17(15)13-32)21(33)30-24-28-19-5-3-4-18(20(19)29-24)22(34)31-23-26-9-10-27-23/h3-7,9-10,12,14H,8,11,13H2,1-2H3,(H2,26,27,31,34)(H2,28,29,30,33). The van der Waals surface area contributed by atoms with E-state index in [-0.39, 0.29) is 30.0 Å². The number of benzene rings is 2. The molecule has 0 fully saturated rings. The van der Waals surface area contributed by atoms with Gasteiger partial charge in [0, 0.05) is 31.0 Å². The molecule has 2 aromatic carbocycles. The summed E-state index contributed by atoms with van der Waals surface area (Å²) in [6.45, 7) is 4.60. The summed E-state index contributed by atoms with van der Waals surface area (Å²) in [6, 6.07) is 10.6. The van der Waals surface area contributed by atoms with Crippen LogP contribution in [0.25, 0.3) is 11.0 Å². The van der Waals surface area contributed by atoms with Gasteiger partial charge in [-0.2, -0.15) is 0 Å². The number of para-hydroxylation sites is 1. The Bertz CT molecular complexity index is 1440. The molecule has 11 nitrogen and oxygen atoms in total. The average molecular weight is 488 g/mol. The van der Waals surface area contributed by atoms with Gasteiger partial charge in [0.05, 0.1) is 17.2 Å². The van der Waals surface area contributed by atoms with E-state index in [1.807, 2.05) is 26.0 Å². The molecule has 0 atom stereocenters. The van der Waals surface area contributed by atoms with Crippen molar-refractivity contribution in [1.29, 1.82) is 0 Å². The van der Waals surface area contributed by atoms with Crippen molar-refractivity contribution in [3.8, 4) is 0 Å². The van der Waals surface area contributed by atoms with E-state index in [1.54, 1.807) is 35.4 Å². The summed E-state index contributed by atoms with van der Waals surface area (Å²) in [5, 5.41) is 5.45. The first-order valence-corrected chi connectivity index (χ1v) is 11.6. The van der Waals surface area contributed by atoms with Gasteiger partial charge in [-0.25, -0.2) is 14.8 Å². The molecule has 36 heavy (non-hydrogen) atoms. The summed E-state index contributed by atoms with van der Waals surface area (Å²) < 4.78 is 5.29. The van der Waals surface area contributed by atoms with Gasteiger partial charge in [-0.05, 0) is 55.7 Å². The number of nitrogens with zero attached hydrogens (tertiary/aromatic N) is 3. The zero-order valence-electron chi connectivity index (χ0n) is 19.8. The molecule has 2 aromatic heterocycles. The van der Waals surface area contributed by atoms with Crippen molar-refractivity contribution in [2.24, 2.45) is 0 Å². The summed E-state index contributed by atoms with van der Waals surface area (Å²) in [5.41, 5.74) is 3.84. The lowest BCUT2D eigenvalue weighted by atomic mass is 9.97. The van der Waals surface area contributed by atoms with Crippen LogP contribution in [0.4, 0.5) is 16.7 Å². The Morgan fingerprint density at radius 1 is 1.06 bits per heavy atom. The molecule has 3 heterocycles. The van der Waals surface area contributed by atoms with E-state index in [9.17, 15) is 14.4 Å². The summed E-state index contributed by atoms with van der Waals surface area (Å²) in [4.78, 5) is 53.8. The zero-order chi connectivity index (χ0) is 25.2. The number of nitrogens with one attached hydrogen (secondary N) is 4. The van der Waals surface area contributed by atoms with Crippen LogP contribution in [0.1, 0.15) is 45.7 Å². The molecule has 0 radical (unpaired) electrons. The van der Waals surface area contributed by atoms with Crippen LogP contribution in [0.5, 0.6) is 0 Å². The maximum absolute atomic E-state index is 13.0. The third kappa shape index (κ3) is 4.76. The molecule has 0 aliphatic carbocycles. The maximum Gasteiger partial charge on any atom is 0.410 e. The van der Waals surface area contributed by atoms with Crippen LogP contribution in [-0.4, -0.2) is 55.4 Å². The minimum atomic E-state index is -0.374. The fraction of sp³-hybridized carbons (Fsp3) is 0.240. The number of H-pyrrole nitrogens is 2. The molecule has 3 amide bonds. The molecular formula is C25H25N7O4. The third-order valence-electron chi connectivity index (χ3n) is 5.79. The highest BCUT2D eigenvalue weighted by atomic mass is 16.6. The molecule has 184 valence electrons. The quantitative estimate of drug-likeness (QED) is 0.338. The van der Waals surface area contributed by atoms with Gasteiger partial charge < -0.3 is 19.6 Å². The van der Waals surface area contributed by atoms with Gasteiger partial charge in [0.25, 0.3) is 11.8 Å². The van der Waals surface area contributed by atoms with E-state index >= 15 is 0 Å². The van der Waals surface area contributed by atoms with E-state index in [4.69, 9.17) is 4.74 Å². The van der Waals surface area contributed by atoms with Crippen molar-refractivity contribution < 1.29 is 19.1 Å². The molecule has 1 aliphatic rings. The lowest BCUT2D eigenvalue weighted by molar-refractivity contribution is 0.0729. The molecule has 11 heteroatoms. The highest BCUT2D eigenvalue weighted by Crippen LogP contribution is 2.23. The molecular weight excluding hydrogens is 462 g/mol. The molecule has 4 N–H and O–H groups in total. The van der Waals surface area contributed by atoms with Crippen molar-refractivity contribution in [1.82, 2.24) is 24.8 Å². The van der Waals surface area contributed by atoms with Crippen molar-refractivity contribution in [2.75, 3.05) is 17.2 Å². The van der Waals surface area contributed by atoms with Gasteiger partial charge >= 0.3 is 6.09 Å². The first kappa shape index (κ1) is 23.1. The number of fused-ring (bicyclic) bond motifs is 2. The SMILES string of the molecule is CC(C)OC(=O)N1CCc2cc(C(=O)Nc3nc4c(C(=O)Nc5ncc[nH]5)cccc4[nH]3)ccc2C1. The minimum absolute atomic E-state index is 0.176. The molecule has 0 spiro atoms. The summed E-state index contributed by atoms with van der Waals surface area (Å²) in [5.74, 6) is -0.150. The Labute approximate surface area is 206 Å². The number of carbonyl (C=O) groups is 3. The summed E-state index contributed by atoms with van der Waals surface area (Å²) in [6.07, 6.45) is 3.26. The van der Waals surface area contributed by atoms with Crippen LogP contribution in [0.2, 0.25) is 0 Å². The molecule has 0 bridgehead atoms. The monoisotopic (exact) mass is 487 g/mol. The molecule has 5 rings (SSSR count). The Morgan fingerprint density at radius 3 is 2.67 bits per heavy atom. The van der Waals surface area contributed by atoms with Crippen molar-refractivity contribution >= 4 is 40.8 Å². The number of anilines is 2. The van der Waals surface area contributed by atoms with Crippen LogP contribution >= 0.6 is 0 Å². The molecule has 0 saturated heterocycles. The highest BCUT2D eigenvalue weighted by Gasteiger charge is 2.23. The smallest absolute Gasteiger partial charge is 0.410 e. The van der Waals surface area contributed by atoms with E-state index < -0.39 is 0 Å². The Kier molecular flexibility index (Phi) is 6.11. The van der Waals surface area contributed by atoms with Crippen LogP contribution in [0, 0.1) is 0 Å². The highest BCUT2D eigenvalue weighted by molar-refractivity contribution is 6.11. The predicted molar refractivity (Wildman–Crippen MR) is 133 cm³/mol. The Balaban J connectivity index is 1.30. The van der Waals surface area contributed by atoms with E-state index in [0.29, 0.717) is 47.6 Å². The van der Waals surface area contributed by atoms with Crippen molar-refractivity contribution in [3.63, 3.8) is 0 Å². The van der Waals surface area contributed by atoms with Gasteiger partial charge in [-0.15, -0.1) is 0 Å². The van der Waals surface area contributed by atoms with Crippen LogP contribution in [0.15, 0.2) is 48.8 Å². The summed E-state index contributed by atoms with van der Waals surface area (Å²) in [7, 11) is 0. The van der Waals surface area contributed by atoms with Crippen LogP contribution < -0.4 is 10.6 Å². The minimum Gasteiger partial charge on any atom is -0.447 e. The molecule has 0 saturated carbocycles. The number of ether oxygens (including phenoxy) is 1. The largest absolute Gasteiger partial charge is 0.447 e. The Morgan fingerprint density at radius 2 is 1.89 bits per heavy atom. The average Bonchev–Trinajstić information content (AvgIpc) is 3.52. The third-order valence-corrected chi connectivity index (χ3v) is 5.79. The second-order valence-corrected chi connectivity index (χ2v) is 8.72. The van der Waals surface area contributed by atoms with Gasteiger partial charge in [-0.1, -0.05) is 12.1 Å². The topological polar surface area (TPSA) is 145 Å². The Hall–Kier alpha value is -4.67. The zero-order valence-corrected chi connectivity index (χ0v) is 19.8. The number of rotatable bonds is 5. The fourth-order valence-corrected chi connectivity index (χ4v) is 4.09. The van der Waals surface area contributed by atoms with E-state index in [1.165, 1.54) is 6.20 Å². The van der Waals surface area contributed by atoms with Crippen molar-refractivity contribution in [2.45, 2.75) is 32.9 Å². The predicted octanol–water partition coefficient (Wildman–Crippen LogP) is 3.69. The fourth-order valence-electron chi connectivity index (χ4n) is 4.09. The number of aromatic nitrogens is 4. The number of aromatic amines is 2. The van der Waals surface area contributed by atoms with Gasteiger partial charge in [0.1, 0.15) is 5.52 Å². The lowest BCUT2D eigenvalue weighted by Gasteiger charge is -2.29. The van der Waals surface area contributed by atoms with Gasteiger partial charge in [0.15, 0.2) is 0 Å².